The largest absolute Gasteiger partial charge is 0.295 e. The van der Waals surface area contributed by atoms with Crippen molar-refractivity contribution in [2.24, 2.45) is 5.92 Å². The zero-order chi connectivity index (χ0) is 10.4. The van der Waals surface area contributed by atoms with Gasteiger partial charge in [-0.1, -0.05) is 43.3 Å². The summed E-state index contributed by atoms with van der Waals surface area (Å²) in [6.45, 7) is 3.69. The van der Waals surface area contributed by atoms with Gasteiger partial charge in [0.25, 0.3) is 0 Å². The number of carbonyl (C=O) groups is 1. The molecule has 0 N–H and O–H groups in total. The van der Waals surface area contributed by atoms with Gasteiger partial charge in [0.2, 0.25) is 0 Å². The normalized spacial score (nSPS) is 13.0. The van der Waals surface area contributed by atoms with Crippen LogP contribution in [0.25, 0.3) is 0 Å². The number of allylic oxidation sites excluding steroid dienone is 2. The second kappa shape index (κ2) is 5.38. The minimum absolute atomic E-state index is 0.116. The first-order chi connectivity index (χ1) is 6.68. The monoisotopic (exact) mass is 188 g/mol. The van der Waals surface area contributed by atoms with Crippen molar-refractivity contribution in [1.29, 1.82) is 0 Å². The second-order valence-electron chi connectivity index (χ2n) is 3.64. The molecule has 1 aromatic carbocycles. The highest BCUT2D eigenvalue weighted by molar-refractivity contribution is 5.87. The first-order valence-electron chi connectivity index (χ1n) is 4.91. The lowest BCUT2D eigenvalue weighted by Gasteiger charge is -2.05. The van der Waals surface area contributed by atoms with E-state index < -0.39 is 0 Å². The molecule has 0 heterocycles. The topological polar surface area (TPSA) is 17.1 Å². The highest BCUT2D eigenvalue weighted by Crippen LogP contribution is 2.08. The van der Waals surface area contributed by atoms with Crippen molar-refractivity contribution >= 4 is 5.78 Å². The van der Waals surface area contributed by atoms with E-state index in [0.717, 1.165) is 6.42 Å². The Hall–Kier alpha value is -1.37. The van der Waals surface area contributed by atoms with Crippen molar-refractivity contribution in [3.05, 3.63) is 48.0 Å². The van der Waals surface area contributed by atoms with Gasteiger partial charge in [-0.3, -0.25) is 4.79 Å². The van der Waals surface area contributed by atoms with Crippen molar-refractivity contribution < 1.29 is 4.79 Å². The van der Waals surface area contributed by atoms with Gasteiger partial charge < -0.3 is 0 Å². The Morgan fingerprint density at radius 3 is 2.57 bits per heavy atom. The van der Waals surface area contributed by atoms with Crippen LogP contribution in [0.4, 0.5) is 0 Å². The Morgan fingerprint density at radius 2 is 2.00 bits per heavy atom. The number of benzene rings is 1. The standard InChI is InChI=1S/C13H16O/c1-11(8-9-12(2)14)10-13-6-4-3-5-7-13/h3-9,11H,10H2,1-2H3. The summed E-state index contributed by atoms with van der Waals surface area (Å²) in [5, 5.41) is 0. The third-order valence-corrected chi connectivity index (χ3v) is 2.06. The van der Waals surface area contributed by atoms with E-state index in [1.165, 1.54) is 5.56 Å². The van der Waals surface area contributed by atoms with Crippen molar-refractivity contribution in [3.63, 3.8) is 0 Å². The Morgan fingerprint density at radius 1 is 1.36 bits per heavy atom. The lowest BCUT2D eigenvalue weighted by atomic mass is 10.0. The predicted molar refractivity (Wildman–Crippen MR) is 59.1 cm³/mol. The van der Waals surface area contributed by atoms with Gasteiger partial charge in [0.1, 0.15) is 0 Å². The van der Waals surface area contributed by atoms with Crippen LogP contribution in [0.1, 0.15) is 19.4 Å². The van der Waals surface area contributed by atoms with Gasteiger partial charge in [0.15, 0.2) is 5.78 Å². The molecule has 0 aliphatic heterocycles. The number of carbonyl (C=O) groups excluding carboxylic acids is 1. The molecule has 74 valence electrons. The summed E-state index contributed by atoms with van der Waals surface area (Å²) in [6, 6.07) is 10.3. The fourth-order valence-corrected chi connectivity index (χ4v) is 1.35. The number of hydrogen-bond acceptors (Lipinski definition) is 1. The maximum Gasteiger partial charge on any atom is 0.152 e. The summed E-state index contributed by atoms with van der Waals surface area (Å²) < 4.78 is 0. The third kappa shape index (κ3) is 4.04. The van der Waals surface area contributed by atoms with Gasteiger partial charge in [-0.25, -0.2) is 0 Å². The quantitative estimate of drug-likeness (QED) is 0.664. The highest BCUT2D eigenvalue weighted by Gasteiger charge is 1.98. The summed E-state index contributed by atoms with van der Waals surface area (Å²) >= 11 is 0. The van der Waals surface area contributed by atoms with E-state index >= 15 is 0 Å². The average Bonchev–Trinajstić information content (AvgIpc) is 2.16. The highest BCUT2D eigenvalue weighted by atomic mass is 16.1. The fourth-order valence-electron chi connectivity index (χ4n) is 1.35. The molecule has 1 rings (SSSR count). The van der Waals surface area contributed by atoms with Crippen LogP contribution in [0.5, 0.6) is 0 Å². The predicted octanol–water partition coefficient (Wildman–Crippen LogP) is 3.01. The van der Waals surface area contributed by atoms with Crippen LogP contribution in [0.3, 0.4) is 0 Å². The molecule has 0 aromatic heterocycles. The summed E-state index contributed by atoms with van der Waals surface area (Å²) in [6.07, 6.45) is 4.60. The van der Waals surface area contributed by atoms with E-state index in [1.807, 2.05) is 24.3 Å². The van der Waals surface area contributed by atoms with Gasteiger partial charge in [-0.2, -0.15) is 0 Å². The molecule has 0 aliphatic rings. The maximum atomic E-state index is 10.7. The molecule has 1 aromatic rings. The molecule has 0 saturated heterocycles. The molecule has 0 bridgehead atoms. The Kier molecular flexibility index (Phi) is 4.11. The molecule has 1 atom stereocenters. The van der Waals surface area contributed by atoms with Crippen LogP contribution < -0.4 is 0 Å². The molecule has 14 heavy (non-hydrogen) atoms. The first kappa shape index (κ1) is 10.7. The maximum absolute atomic E-state index is 10.7. The van der Waals surface area contributed by atoms with E-state index in [9.17, 15) is 4.79 Å². The third-order valence-electron chi connectivity index (χ3n) is 2.06. The van der Waals surface area contributed by atoms with Crippen LogP contribution >= 0.6 is 0 Å². The van der Waals surface area contributed by atoms with Crippen molar-refractivity contribution in [2.45, 2.75) is 20.3 Å². The van der Waals surface area contributed by atoms with E-state index in [4.69, 9.17) is 0 Å². The number of hydrogen-bond donors (Lipinski definition) is 0. The molecular formula is C13H16O. The number of ketones is 1. The zero-order valence-corrected chi connectivity index (χ0v) is 8.73. The molecule has 0 saturated carbocycles. The lowest BCUT2D eigenvalue weighted by molar-refractivity contribution is -0.112. The Balaban J connectivity index is 2.49. The molecule has 0 fully saturated rings. The van der Waals surface area contributed by atoms with Crippen LogP contribution in [0, 0.1) is 5.92 Å². The van der Waals surface area contributed by atoms with Crippen LogP contribution in [0.15, 0.2) is 42.5 Å². The average molecular weight is 188 g/mol. The molecule has 0 spiro atoms. The van der Waals surface area contributed by atoms with Gasteiger partial charge >= 0.3 is 0 Å². The zero-order valence-electron chi connectivity index (χ0n) is 8.73. The molecular weight excluding hydrogens is 172 g/mol. The van der Waals surface area contributed by atoms with Crippen LogP contribution in [0.2, 0.25) is 0 Å². The summed E-state index contributed by atoms with van der Waals surface area (Å²) in [4.78, 5) is 10.7. The van der Waals surface area contributed by atoms with Gasteiger partial charge in [-0.05, 0) is 30.9 Å². The molecule has 0 radical (unpaired) electrons. The minimum Gasteiger partial charge on any atom is -0.295 e. The summed E-state index contributed by atoms with van der Waals surface area (Å²) in [5.74, 6) is 0.534. The molecule has 1 heteroatoms. The van der Waals surface area contributed by atoms with Gasteiger partial charge in [0.05, 0.1) is 0 Å². The van der Waals surface area contributed by atoms with Crippen molar-refractivity contribution in [1.82, 2.24) is 0 Å². The smallest absolute Gasteiger partial charge is 0.152 e. The molecule has 0 amide bonds. The fraction of sp³-hybridized carbons (Fsp3) is 0.308. The van der Waals surface area contributed by atoms with E-state index in [-0.39, 0.29) is 5.78 Å². The SMILES string of the molecule is CC(=O)C=CC(C)Cc1ccccc1. The lowest BCUT2D eigenvalue weighted by Crippen LogP contribution is -1.96. The van der Waals surface area contributed by atoms with Crippen LogP contribution in [-0.4, -0.2) is 5.78 Å². The van der Waals surface area contributed by atoms with E-state index in [0.29, 0.717) is 5.92 Å². The van der Waals surface area contributed by atoms with Crippen molar-refractivity contribution in [2.75, 3.05) is 0 Å². The number of rotatable bonds is 4. The first-order valence-corrected chi connectivity index (χ1v) is 4.91. The minimum atomic E-state index is 0.116. The summed E-state index contributed by atoms with van der Waals surface area (Å²) in [5.41, 5.74) is 1.31. The van der Waals surface area contributed by atoms with Crippen LogP contribution in [-0.2, 0) is 11.2 Å². The van der Waals surface area contributed by atoms with Gasteiger partial charge in [0, 0.05) is 0 Å². The molecule has 0 aliphatic carbocycles. The summed E-state index contributed by atoms with van der Waals surface area (Å²) in [7, 11) is 0. The van der Waals surface area contributed by atoms with E-state index in [2.05, 4.69) is 19.1 Å². The van der Waals surface area contributed by atoms with E-state index in [1.54, 1.807) is 13.0 Å². The molecule has 1 nitrogen and oxygen atoms in total. The molecule has 1 unspecified atom stereocenters. The Labute approximate surface area is 85.5 Å². The Bertz CT molecular complexity index is 311. The second-order valence-corrected chi connectivity index (χ2v) is 3.64. The van der Waals surface area contributed by atoms with Gasteiger partial charge in [-0.15, -0.1) is 0 Å². The van der Waals surface area contributed by atoms with Crippen molar-refractivity contribution in [3.8, 4) is 0 Å².